The van der Waals surface area contributed by atoms with Crippen molar-refractivity contribution in [2.75, 3.05) is 0 Å². The number of rotatable bonds is 5. The molecule has 1 fully saturated rings. The average Bonchev–Trinajstić information content (AvgIpc) is 3.21. The Morgan fingerprint density at radius 1 is 1.12 bits per heavy atom. The standard InChI is InChI=1S/C20H29N3.ClH/c1-4-16-17(5-2)20(18-7-6-12-21-18)23-19(16)13-22-15-10-8-14(3)9-11-15;/h6-7,12-15,21,23H,4-5,8-11H2,1-3H3;1H. The second kappa shape index (κ2) is 8.57. The molecule has 4 heteroatoms. The summed E-state index contributed by atoms with van der Waals surface area (Å²) in [6, 6.07) is 4.70. The number of aliphatic imine (C=N–C) groups is 1. The topological polar surface area (TPSA) is 43.9 Å². The summed E-state index contributed by atoms with van der Waals surface area (Å²) in [5.41, 5.74) is 6.45. The summed E-state index contributed by atoms with van der Waals surface area (Å²) < 4.78 is 0. The molecule has 0 radical (unpaired) electrons. The highest BCUT2D eigenvalue weighted by atomic mass is 35.5. The van der Waals surface area contributed by atoms with Gasteiger partial charge in [-0.2, -0.15) is 0 Å². The zero-order valence-electron chi connectivity index (χ0n) is 15.1. The molecule has 2 heterocycles. The van der Waals surface area contributed by atoms with Gasteiger partial charge in [-0.3, -0.25) is 4.99 Å². The summed E-state index contributed by atoms with van der Waals surface area (Å²) in [7, 11) is 0. The molecular formula is C20H30ClN3. The lowest BCUT2D eigenvalue weighted by atomic mass is 9.88. The van der Waals surface area contributed by atoms with Gasteiger partial charge in [-0.25, -0.2) is 0 Å². The van der Waals surface area contributed by atoms with Crippen LogP contribution in [0.2, 0.25) is 0 Å². The van der Waals surface area contributed by atoms with Crippen LogP contribution in [0.1, 0.15) is 63.3 Å². The number of halogens is 1. The van der Waals surface area contributed by atoms with Crippen LogP contribution in [0.25, 0.3) is 11.4 Å². The molecule has 2 aromatic heterocycles. The monoisotopic (exact) mass is 347 g/mol. The summed E-state index contributed by atoms with van der Waals surface area (Å²) in [5.74, 6) is 0.879. The molecule has 0 saturated heterocycles. The van der Waals surface area contributed by atoms with E-state index in [1.807, 2.05) is 6.20 Å². The van der Waals surface area contributed by atoms with Crippen LogP contribution < -0.4 is 0 Å². The number of aromatic amines is 2. The van der Waals surface area contributed by atoms with Crippen molar-refractivity contribution in [3.63, 3.8) is 0 Å². The molecule has 0 atom stereocenters. The summed E-state index contributed by atoms with van der Waals surface area (Å²) >= 11 is 0. The van der Waals surface area contributed by atoms with Crippen molar-refractivity contribution in [3.05, 3.63) is 35.2 Å². The molecule has 0 unspecified atom stereocenters. The van der Waals surface area contributed by atoms with E-state index in [1.54, 1.807) is 0 Å². The van der Waals surface area contributed by atoms with Gasteiger partial charge >= 0.3 is 0 Å². The van der Waals surface area contributed by atoms with Crippen molar-refractivity contribution in [2.45, 2.75) is 65.3 Å². The molecule has 3 rings (SSSR count). The second-order valence-electron chi connectivity index (χ2n) is 6.85. The maximum Gasteiger partial charge on any atom is 0.0659 e. The second-order valence-corrected chi connectivity index (χ2v) is 6.85. The van der Waals surface area contributed by atoms with E-state index < -0.39 is 0 Å². The number of aromatic nitrogens is 2. The van der Waals surface area contributed by atoms with E-state index in [1.165, 1.54) is 53.9 Å². The molecular weight excluding hydrogens is 318 g/mol. The third-order valence-corrected chi connectivity index (χ3v) is 5.23. The summed E-state index contributed by atoms with van der Waals surface area (Å²) in [6.45, 7) is 6.83. The number of nitrogens with one attached hydrogen (secondary N) is 2. The van der Waals surface area contributed by atoms with E-state index in [0.29, 0.717) is 6.04 Å². The smallest absolute Gasteiger partial charge is 0.0659 e. The summed E-state index contributed by atoms with van der Waals surface area (Å²) in [5, 5.41) is 0. The lowest BCUT2D eigenvalue weighted by Gasteiger charge is -2.22. The zero-order valence-corrected chi connectivity index (χ0v) is 15.9. The first-order chi connectivity index (χ1) is 11.2. The van der Waals surface area contributed by atoms with Gasteiger partial charge in [0.25, 0.3) is 0 Å². The molecule has 0 bridgehead atoms. The maximum atomic E-state index is 4.90. The van der Waals surface area contributed by atoms with Crippen LogP contribution in [-0.2, 0) is 12.8 Å². The molecule has 1 saturated carbocycles. The van der Waals surface area contributed by atoms with Crippen LogP contribution in [0.3, 0.4) is 0 Å². The molecule has 0 aromatic carbocycles. The Morgan fingerprint density at radius 2 is 1.83 bits per heavy atom. The van der Waals surface area contributed by atoms with Crippen molar-refractivity contribution in [1.82, 2.24) is 9.97 Å². The number of hydrogen-bond donors (Lipinski definition) is 2. The normalized spacial score (nSPS) is 21.1. The van der Waals surface area contributed by atoms with E-state index in [0.717, 1.165) is 18.8 Å². The first kappa shape index (κ1) is 18.9. The van der Waals surface area contributed by atoms with Crippen molar-refractivity contribution in [1.29, 1.82) is 0 Å². The number of H-pyrrole nitrogens is 2. The van der Waals surface area contributed by atoms with Gasteiger partial charge in [0, 0.05) is 12.4 Å². The lowest BCUT2D eigenvalue weighted by Crippen LogP contribution is -2.15. The summed E-state index contributed by atoms with van der Waals surface area (Å²) in [4.78, 5) is 11.8. The van der Waals surface area contributed by atoms with Gasteiger partial charge in [0.2, 0.25) is 0 Å². The first-order valence-electron chi connectivity index (χ1n) is 9.13. The highest BCUT2D eigenvalue weighted by molar-refractivity contribution is 5.85. The fourth-order valence-electron chi connectivity index (χ4n) is 3.79. The Labute approximate surface area is 151 Å². The van der Waals surface area contributed by atoms with Crippen molar-refractivity contribution in [3.8, 4) is 11.4 Å². The Kier molecular flexibility index (Phi) is 6.73. The van der Waals surface area contributed by atoms with Crippen LogP contribution in [0.4, 0.5) is 0 Å². The van der Waals surface area contributed by atoms with E-state index in [9.17, 15) is 0 Å². The molecule has 0 amide bonds. The molecule has 1 aliphatic carbocycles. The minimum absolute atomic E-state index is 0. The van der Waals surface area contributed by atoms with Gasteiger partial charge in [-0.05, 0) is 67.7 Å². The average molecular weight is 348 g/mol. The quantitative estimate of drug-likeness (QED) is 0.665. The van der Waals surface area contributed by atoms with E-state index in [4.69, 9.17) is 4.99 Å². The van der Waals surface area contributed by atoms with E-state index in [2.05, 4.69) is 49.1 Å². The fourth-order valence-corrected chi connectivity index (χ4v) is 3.79. The van der Waals surface area contributed by atoms with Crippen LogP contribution in [0.5, 0.6) is 0 Å². The Morgan fingerprint density at radius 3 is 2.42 bits per heavy atom. The number of nitrogens with zero attached hydrogens (tertiary/aromatic N) is 1. The molecule has 1 aliphatic rings. The molecule has 24 heavy (non-hydrogen) atoms. The molecule has 3 nitrogen and oxygen atoms in total. The Balaban J connectivity index is 0.00000208. The van der Waals surface area contributed by atoms with Crippen LogP contribution >= 0.6 is 12.4 Å². The van der Waals surface area contributed by atoms with Gasteiger partial charge in [-0.1, -0.05) is 20.8 Å². The third-order valence-electron chi connectivity index (χ3n) is 5.23. The highest BCUT2D eigenvalue weighted by Crippen LogP contribution is 2.29. The fraction of sp³-hybridized carbons (Fsp3) is 0.550. The van der Waals surface area contributed by atoms with Crippen LogP contribution in [0, 0.1) is 5.92 Å². The minimum Gasteiger partial charge on any atom is -0.360 e. The first-order valence-corrected chi connectivity index (χ1v) is 9.13. The van der Waals surface area contributed by atoms with Crippen LogP contribution in [0.15, 0.2) is 23.3 Å². The Bertz CT molecular complexity index is 647. The van der Waals surface area contributed by atoms with Crippen molar-refractivity contribution < 1.29 is 0 Å². The van der Waals surface area contributed by atoms with Gasteiger partial charge in [-0.15, -0.1) is 12.4 Å². The van der Waals surface area contributed by atoms with Gasteiger partial charge in [0.1, 0.15) is 0 Å². The van der Waals surface area contributed by atoms with Gasteiger partial charge in [0.15, 0.2) is 0 Å². The highest BCUT2D eigenvalue weighted by Gasteiger charge is 2.18. The summed E-state index contributed by atoms with van der Waals surface area (Å²) in [6.07, 6.45) is 11.3. The molecule has 132 valence electrons. The molecule has 2 N–H and O–H groups in total. The predicted octanol–water partition coefficient (Wildman–Crippen LogP) is 5.55. The van der Waals surface area contributed by atoms with Crippen molar-refractivity contribution >= 4 is 18.6 Å². The van der Waals surface area contributed by atoms with Crippen molar-refractivity contribution in [2.24, 2.45) is 10.9 Å². The molecule has 0 aliphatic heterocycles. The zero-order chi connectivity index (χ0) is 16.2. The number of hydrogen-bond acceptors (Lipinski definition) is 1. The largest absolute Gasteiger partial charge is 0.360 e. The maximum absolute atomic E-state index is 4.90. The third kappa shape index (κ3) is 3.94. The molecule has 2 aromatic rings. The minimum atomic E-state index is 0. The van der Waals surface area contributed by atoms with Gasteiger partial charge < -0.3 is 9.97 Å². The van der Waals surface area contributed by atoms with Crippen LogP contribution in [-0.4, -0.2) is 22.2 Å². The predicted molar refractivity (Wildman–Crippen MR) is 106 cm³/mol. The van der Waals surface area contributed by atoms with E-state index in [-0.39, 0.29) is 12.4 Å². The Hall–Kier alpha value is -1.48. The van der Waals surface area contributed by atoms with Gasteiger partial charge in [0.05, 0.1) is 23.1 Å². The SMILES string of the molecule is CCc1c(C=NC2CCC(C)CC2)[nH]c(-c2ccc[nH]2)c1CC.Cl. The lowest BCUT2D eigenvalue weighted by molar-refractivity contribution is 0.350. The molecule has 0 spiro atoms. The van der Waals surface area contributed by atoms with E-state index >= 15 is 0 Å².